The number of hydrogen-bond donors (Lipinski definition) is 0. The molecule has 0 aliphatic rings. The minimum absolute atomic E-state index is 0.0211. The van der Waals surface area contributed by atoms with Gasteiger partial charge in [-0.1, -0.05) is 18.7 Å². The van der Waals surface area contributed by atoms with E-state index in [0.29, 0.717) is 5.56 Å². The zero-order chi connectivity index (χ0) is 13.4. The van der Waals surface area contributed by atoms with Crippen molar-refractivity contribution < 1.29 is 4.79 Å². The maximum atomic E-state index is 11.7. The van der Waals surface area contributed by atoms with Crippen LogP contribution in [0.15, 0.2) is 30.9 Å². The third-order valence-corrected chi connectivity index (χ3v) is 3.98. The van der Waals surface area contributed by atoms with Gasteiger partial charge in [0, 0.05) is 5.56 Å². The first-order valence-electron chi connectivity index (χ1n) is 6.14. The van der Waals surface area contributed by atoms with Crippen LogP contribution in [0.4, 0.5) is 0 Å². The van der Waals surface area contributed by atoms with E-state index in [0.717, 1.165) is 0 Å². The highest BCUT2D eigenvalue weighted by Gasteiger charge is 2.10. The molecule has 0 saturated carbocycles. The summed E-state index contributed by atoms with van der Waals surface area (Å²) >= 11 is 0. The zero-order valence-corrected chi connectivity index (χ0v) is 11.4. The molecule has 0 unspecified atom stereocenters. The van der Waals surface area contributed by atoms with Crippen LogP contribution in [0, 0.1) is 27.7 Å². The molecule has 1 nitrogen and oxygen atoms in total. The molecular formula is C17H18O. The topological polar surface area (TPSA) is 17.1 Å². The fourth-order valence-corrected chi connectivity index (χ4v) is 2.42. The molecule has 1 heteroatoms. The average molecular weight is 238 g/mol. The van der Waals surface area contributed by atoms with E-state index >= 15 is 0 Å². The molecule has 0 aromatic heterocycles. The lowest BCUT2D eigenvalue weighted by Crippen LogP contribution is -1.97. The Morgan fingerprint density at radius 3 is 2.06 bits per heavy atom. The smallest absolute Gasteiger partial charge is 0.185 e. The Bertz CT molecular complexity index is 663. The Labute approximate surface area is 108 Å². The summed E-state index contributed by atoms with van der Waals surface area (Å²) in [4.78, 5) is 11.7. The molecule has 0 aliphatic heterocycles. The second-order valence-electron chi connectivity index (χ2n) is 4.83. The summed E-state index contributed by atoms with van der Waals surface area (Å²) in [7, 11) is 0. The van der Waals surface area contributed by atoms with Crippen molar-refractivity contribution in [3.05, 3.63) is 58.7 Å². The van der Waals surface area contributed by atoms with Crippen molar-refractivity contribution >= 4 is 16.6 Å². The van der Waals surface area contributed by atoms with Crippen molar-refractivity contribution in [2.24, 2.45) is 0 Å². The van der Waals surface area contributed by atoms with Gasteiger partial charge in [-0.15, -0.1) is 0 Å². The molecule has 18 heavy (non-hydrogen) atoms. The molecular weight excluding hydrogens is 220 g/mol. The quantitative estimate of drug-likeness (QED) is 0.558. The Kier molecular flexibility index (Phi) is 3.08. The number of aryl methyl sites for hydroxylation is 2. The van der Waals surface area contributed by atoms with Gasteiger partial charge in [0.1, 0.15) is 0 Å². The van der Waals surface area contributed by atoms with Crippen LogP contribution in [0.5, 0.6) is 0 Å². The fraction of sp³-hybridized carbons (Fsp3) is 0.235. The summed E-state index contributed by atoms with van der Waals surface area (Å²) < 4.78 is 0. The van der Waals surface area contributed by atoms with E-state index in [4.69, 9.17) is 0 Å². The Morgan fingerprint density at radius 1 is 0.944 bits per heavy atom. The van der Waals surface area contributed by atoms with Gasteiger partial charge in [0.2, 0.25) is 0 Å². The molecule has 0 fully saturated rings. The maximum Gasteiger partial charge on any atom is 0.185 e. The van der Waals surface area contributed by atoms with Crippen LogP contribution in [0.2, 0.25) is 0 Å². The lowest BCUT2D eigenvalue weighted by Gasteiger charge is -2.14. The van der Waals surface area contributed by atoms with E-state index in [2.05, 4.69) is 34.3 Å². The molecule has 0 radical (unpaired) electrons. The molecule has 0 bridgehead atoms. The molecule has 2 aromatic carbocycles. The van der Waals surface area contributed by atoms with Crippen LogP contribution in [-0.4, -0.2) is 5.78 Å². The predicted molar refractivity (Wildman–Crippen MR) is 77.4 cm³/mol. The first-order chi connectivity index (χ1) is 8.47. The van der Waals surface area contributed by atoms with Gasteiger partial charge < -0.3 is 0 Å². The van der Waals surface area contributed by atoms with Crippen molar-refractivity contribution in [2.75, 3.05) is 0 Å². The van der Waals surface area contributed by atoms with Crippen molar-refractivity contribution in [3.63, 3.8) is 0 Å². The number of benzene rings is 2. The van der Waals surface area contributed by atoms with E-state index in [1.165, 1.54) is 39.1 Å². The molecule has 0 amide bonds. The molecule has 0 aliphatic carbocycles. The van der Waals surface area contributed by atoms with Crippen LogP contribution in [-0.2, 0) is 0 Å². The van der Waals surface area contributed by atoms with Gasteiger partial charge in [-0.05, 0) is 72.9 Å². The van der Waals surface area contributed by atoms with Crippen LogP contribution >= 0.6 is 0 Å². The van der Waals surface area contributed by atoms with Gasteiger partial charge in [0.05, 0.1) is 0 Å². The number of hydrogen-bond acceptors (Lipinski definition) is 1. The third-order valence-electron chi connectivity index (χ3n) is 3.98. The largest absolute Gasteiger partial charge is 0.289 e. The minimum atomic E-state index is -0.0211. The van der Waals surface area contributed by atoms with E-state index < -0.39 is 0 Å². The molecule has 2 aromatic rings. The predicted octanol–water partition coefficient (Wildman–Crippen LogP) is 4.44. The summed E-state index contributed by atoms with van der Waals surface area (Å²) in [5, 5.41) is 2.40. The van der Waals surface area contributed by atoms with E-state index in [-0.39, 0.29) is 5.78 Å². The van der Waals surface area contributed by atoms with Crippen molar-refractivity contribution in [1.29, 1.82) is 0 Å². The second kappa shape index (κ2) is 4.41. The number of rotatable bonds is 2. The monoisotopic (exact) mass is 238 g/mol. The normalized spacial score (nSPS) is 10.7. The van der Waals surface area contributed by atoms with Crippen molar-refractivity contribution in [2.45, 2.75) is 27.7 Å². The SMILES string of the molecule is C=CC(=O)c1ccc2c(C)c(C)c(C)c(C)c2c1. The molecule has 92 valence electrons. The van der Waals surface area contributed by atoms with E-state index in [1.54, 1.807) is 0 Å². The number of fused-ring (bicyclic) bond motifs is 1. The van der Waals surface area contributed by atoms with Crippen molar-refractivity contribution in [3.8, 4) is 0 Å². The molecule has 0 heterocycles. The number of carbonyl (C=O) groups is 1. The molecule has 0 N–H and O–H groups in total. The molecule has 0 spiro atoms. The number of ketones is 1. The van der Waals surface area contributed by atoms with Gasteiger partial charge in [-0.2, -0.15) is 0 Å². The average Bonchev–Trinajstić information content (AvgIpc) is 2.41. The lowest BCUT2D eigenvalue weighted by atomic mass is 9.90. The maximum absolute atomic E-state index is 11.7. The first kappa shape index (κ1) is 12.6. The standard InChI is InChI=1S/C17H18O/c1-6-17(18)14-7-8-15-12(4)10(2)11(3)13(5)16(15)9-14/h6-9H,1H2,2-5H3. The van der Waals surface area contributed by atoms with Crippen molar-refractivity contribution in [1.82, 2.24) is 0 Å². The highest BCUT2D eigenvalue weighted by Crippen LogP contribution is 2.29. The Hall–Kier alpha value is -1.89. The minimum Gasteiger partial charge on any atom is -0.289 e. The Morgan fingerprint density at radius 2 is 1.50 bits per heavy atom. The summed E-state index contributed by atoms with van der Waals surface area (Å²) in [5.74, 6) is -0.0211. The lowest BCUT2D eigenvalue weighted by molar-refractivity contribution is 0.104. The molecule has 0 atom stereocenters. The Balaban J connectivity index is 2.86. The van der Waals surface area contributed by atoms with Gasteiger partial charge in [0.15, 0.2) is 5.78 Å². The summed E-state index contributed by atoms with van der Waals surface area (Å²) in [5.41, 5.74) is 5.91. The number of carbonyl (C=O) groups excluding carboxylic acids is 1. The van der Waals surface area contributed by atoms with Gasteiger partial charge in [-0.3, -0.25) is 4.79 Å². The molecule has 0 saturated heterocycles. The van der Waals surface area contributed by atoms with Crippen LogP contribution in [0.3, 0.4) is 0 Å². The van der Waals surface area contributed by atoms with E-state index in [1.807, 2.05) is 18.2 Å². The zero-order valence-electron chi connectivity index (χ0n) is 11.4. The number of allylic oxidation sites excluding steroid dienone is 1. The fourth-order valence-electron chi connectivity index (χ4n) is 2.42. The first-order valence-corrected chi connectivity index (χ1v) is 6.14. The van der Waals surface area contributed by atoms with Gasteiger partial charge in [0.25, 0.3) is 0 Å². The second-order valence-corrected chi connectivity index (χ2v) is 4.83. The highest BCUT2D eigenvalue weighted by atomic mass is 16.1. The van der Waals surface area contributed by atoms with Crippen LogP contribution < -0.4 is 0 Å². The van der Waals surface area contributed by atoms with Gasteiger partial charge in [-0.25, -0.2) is 0 Å². The summed E-state index contributed by atoms with van der Waals surface area (Å²) in [6.45, 7) is 12.1. The highest BCUT2D eigenvalue weighted by molar-refractivity contribution is 6.07. The van der Waals surface area contributed by atoms with Crippen LogP contribution in [0.25, 0.3) is 10.8 Å². The van der Waals surface area contributed by atoms with Crippen LogP contribution in [0.1, 0.15) is 32.6 Å². The third kappa shape index (κ3) is 1.76. The van der Waals surface area contributed by atoms with Gasteiger partial charge >= 0.3 is 0 Å². The van der Waals surface area contributed by atoms with E-state index in [9.17, 15) is 4.79 Å². The summed E-state index contributed by atoms with van der Waals surface area (Å²) in [6, 6.07) is 5.91. The summed E-state index contributed by atoms with van der Waals surface area (Å²) in [6.07, 6.45) is 1.37. The molecule has 2 rings (SSSR count).